The fraction of sp³-hybridized carbons (Fsp3) is 1.00. The second-order valence-corrected chi connectivity index (χ2v) is 6.64. The van der Waals surface area contributed by atoms with Gasteiger partial charge in [-0.3, -0.25) is 0 Å². The van der Waals surface area contributed by atoms with Crippen LogP contribution in [0.5, 0.6) is 0 Å². The molecule has 0 saturated carbocycles. The normalized spacial score (nSPS) is 11.9. The first kappa shape index (κ1) is 14.3. The van der Waals surface area contributed by atoms with Gasteiger partial charge in [-0.25, -0.2) is 8.42 Å². The van der Waals surface area contributed by atoms with Crippen molar-refractivity contribution in [1.82, 2.24) is 5.32 Å². The van der Waals surface area contributed by atoms with E-state index in [2.05, 4.69) is 11.6 Å². The Morgan fingerprint density at radius 2 is 1.93 bits per heavy atom. The summed E-state index contributed by atoms with van der Waals surface area (Å²) in [4.78, 5) is 0. The minimum Gasteiger partial charge on any atom is -0.316 e. The SMILES string of the molecule is CCS(=O)(=O)CCNCCCCSC. The van der Waals surface area contributed by atoms with Crippen LogP contribution in [-0.4, -0.2) is 45.0 Å². The molecule has 0 aliphatic carbocycles. The third-order valence-electron chi connectivity index (χ3n) is 1.98. The fourth-order valence-corrected chi connectivity index (χ4v) is 2.23. The molecule has 3 nitrogen and oxygen atoms in total. The molecule has 0 fully saturated rings. The lowest BCUT2D eigenvalue weighted by Gasteiger charge is -2.04. The summed E-state index contributed by atoms with van der Waals surface area (Å²) in [6.07, 6.45) is 4.43. The molecule has 0 aromatic heterocycles. The van der Waals surface area contributed by atoms with Gasteiger partial charge in [0.05, 0.1) is 5.75 Å². The van der Waals surface area contributed by atoms with Crippen molar-refractivity contribution in [3.05, 3.63) is 0 Å². The second kappa shape index (κ2) is 8.56. The van der Waals surface area contributed by atoms with E-state index in [1.165, 1.54) is 12.2 Å². The Morgan fingerprint density at radius 3 is 2.50 bits per heavy atom. The van der Waals surface area contributed by atoms with E-state index >= 15 is 0 Å². The Labute approximate surface area is 92.0 Å². The van der Waals surface area contributed by atoms with Crippen LogP contribution < -0.4 is 5.32 Å². The van der Waals surface area contributed by atoms with E-state index in [1.807, 2.05) is 11.8 Å². The molecule has 0 aliphatic heterocycles. The van der Waals surface area contributed by atoms with Crippen molar-refractivity contribution in [3.8, 4) is 0 Å². The first-order valence-corrected chi connectivity index (χ1v) is 8.24. The number of hydrogen-bond donors (Lipinski definition) is 1. The van der Waals surface area contributed by atoms with Crippen LogP contribution in [0.15, 0.2) is 0 Å². The Kier molecular flexibility index (Phi) is 8.72. The summed E-state index contributed by atoms with van der Waals surface area (Å²) in [5.74, 6) is 1.71. The molecule has 0 amide bonds. The molecule has 14 heavy (non-hydrogen) atoms. The predicted octanol–water partition coefficient (Wildman–Crippen LogP) is 1.15. The predicted molar refractivity (Wildman–Crippen MR) is 64.8 cm³/mol. The van der Waals surface area contributed by atoms with Crippen LogP contribution in [0.1, 0.15) is 19.8 Å². The van der Waals surface area contributed by atoms with Crippen molar-refractivity contribution in [2.75, 3.05) is 36.6 Å². The van der Waals surface area contributed by atoms with Gasteiger partial charge in [-0.2, -0.15) is 11.8 Å². The maximum absolute atomic E-state index is 11.1. The van der Waals surface area contributed by atoms with Crippen LogP contribution in [0.3, 0.4) is 0 Å². The van der Waals surface area contributed by atoms with Crippen LogP contribution >= 0.6 is 11.8 Å². The lowest BCUT2D eigenvalue weighted by Crippen LogP contribution is -2.24. The van der Waals surface area contributed by atoms with Gasteiger partial charge in [0.15, 0.2) is 9.84 Å². The first-order chi connectivity index (χ1) is 6.62. The minimum atomic E-state index is -2.78. The molecule has 0 radical (unpaired) electrons. The van der Waals surface area contributed by atoms with Gasteiger partial charge >= 0.3 is 0 Å². The fourth-order valence-electron chi connectivity index (χ4n) is 0.993. The summed E-state index contributed by atoms with van der Waals surface area (Å²) in [5.41, 5.74) is 0. The summed E-state index contributed by atoms with van der Waals surface area (Å²) in [6.45, 7) is 3.21. The second-order valence-electron chi connectivity index (χ2n) is 3.19. The number of sulfone groups is 1. The molecular weight excluding hydrogens is 218 g/mol. The van der Waals surface area contributed by atoms with Crippen molar-refractivity contribution in [3.63, 3.8) is 0 Å². The molecule has 0 saturated heterocycles. The largest absolute Gasteiger partial charge is 0.316 e. The van der Waals surface area contributed by atoms with E-state index in [9.17, 15) is 8.42 Å². The van der Waals surface area contributed by atoms with Crippen molar-refractivity contribution >= 4 is 21.6 Å². The van der Waals surface area contributed by atoms with Gasteiger partial charge in [0.25, 0.3) is 0 Å². The van der Waals surface area contributed by atoms with Crippen LogP contribution in [0.2, 0.25) is 0 Å². The van der Waals surface area contributed by atoms with E-state index in [-0.39, 0.29) is 11.5 Å². The van der Waals surface area contributed by atoms with Gasteiger partial charge in [0, 0.05) is 12.3 Å². The van der Waals surface area contributed by atoms with Crippen LogP contribution in [0.25, 0.3) is 0 Å². The molecule has 86 valence electrons. The Morgan fingerprint density at radius 1 is 1.21 bits per heavy atom. The highest BCUT2D eigenvalue weighted by Gasteiger charge is 2.05. The smallest absolute Gasteiger partial charge is 0.151 e. The van der Waals surface area contributed by atoms with Gasteiger partial charge in [-0.15, -0.1) is 0 Å². The number of thioether (sulfide) groups is 1. The molecule has 0 aromatic rings. The van der Waals surface area contributed by atoms with Gasteiger partial charge < -0.3 is 5.32 Å². The Balaban J connectivity index is 3.22. The van der Waals surface area contributed by atoms with E-state index in [4.69, 9.17) is 0 Å². The van der Waals surface area contributed by atoms with E-state index in [1.54, 1.807) is 6.92 Å². The lowest BCUT2D eigenvalue weighted by atomic mass is 10.3. The van der Waals surface area contributed by atoms with Crippen molar-refractivity contribution in [2.45, 2.75) is 19.8 Å². The molecule has 0 atom stereocenters. The standard InChI is InChI=1S/C9H21NO2S2/c1-3-14(11,12)9-7-10-6-4-5-8-13-2/h10H,3-9H2,1-2H3. The molecule has 5 heteroatoms. The molecule has 0 bridgehead atoms. The monoisotopic (exact) mass is 239 g/mol. The Bertz CT molecular complexity index is 215. The summed E-state index contributed by atoms with van der Waals surface area (Å²) in [7, 11) is -2.78. The maximum atomic E-state index is 11.1. The molecule has 0 aromatic carbocycles. The molecule has 1 N–H and O–H groups in total. The van der Waals surface area contributed by atoms with Crippen LogP contribution in [-0.2, 0) is 9.84 Å². The highest BCUT2D eigenvalue weighted by molar-refractivity contribution is 7.98. The number of rotatable bonds is 9. The van der Waals surface area contributed by atoms with E-state index in [0.717, 1.165) is 13.0 Å². The highest BCUT2D eigenvalue weighted by atomic mass is 32.2. The van der Waals surface area contributed by atoms with Gasteiger partial charge in [0.2, 0.25) is 0 Å². The molecule has 0 aliphatic rings. The summed E-state index contributed by atoms with van der Waals surface area (Å²) in [5, 5.41) is 3.15. The van der Waals surface area contributed by atoms with Gasteiger partial charge in [-0.05, 0) is 31.4 Å². The van der Waals surface area contributed by atoms with Gasteiger partial charge in [0.1, 0.15) is 0 Å². The maximum Gasteiger partial charge on any atom is 0.151 e. The average Bonchev–Trinajstić information content (AvgIpc) is 2.16. The molecule has 0 unspecified atom stereocenters. The first-order valence-electron chi connectivity index (χ1n) is 5.02. The van der Waals surface area contributed by atoms with Crippen molar-refractivity contribution in [1.29, 1.82) is 0 Å². The Hall–Kier alpha value is 0.260. The molecule has 0 heterocycles. The van der Waals surface area contributed by atoms with Crippen LogP contribution in [0, 0.1) is 0 Å². The molecule has 0 spiro atoms. The number of hydrogen-bond acceptors (Lipinski definition) is 4. The van der Waals surface area contributed by atoms with Gasteiger partial charge in [-0.1, -0.05) is 6.92 Å². The zero-order valence-electron chi connectivity index (χ0n) is 9.08. The van der Waals surface area contributed by atoms with E-state index < -0.39 is 9.84 Å². The highest BCUT2D eigenvalue weighted by Crippen LogP contribution is 1.97. The number of unbranched alkanes of at least 4 members (excludes halogenated alkanes) is 1. The molecular formula is C9H21NO2S2. The average molecular weight is 239 g/mol. The number of nitrogens with one attached hydrogen (secondary N) is 1. The van der Waals surface area contributed by atoms with Crippen molar-refractivity contribution in [2.24, 2.45) is 0 Å². The van der Waals surface area contributed by atoms with E-state index in [0.29, 0.717) is 6.54 Å². The lowest BCUT2D eigenvalue weighted by molar-refractivity contribution is 0.590. The topological polar surface area (TPSA) is 46.2 Å². The van der Waals surface area contributed by atoms with Crippen LogP contribution in [0.4, 0.5) is 0 Å². The quantitative estimate of drug-likeness (QED) is 0.613. The summed E-state index contributed by atoms with van der Waals surface area (Å²) >= 11 is 1.85. The van der Waals surface area contributed by atoms with Crippen molar-refractivity contribution < 1.29 is 8.42 Å². The third kappa shape index (κ3) is 8.84. The zero-order chi connectivity index (χ0) is 10.9. The molecule has 0 rings (SSSR count). The summed E-state index contributed by atoms with van der Waals surface area (Å²) in [6, 6.07) is 0. The summed E-state index contributed by atoms with van der Waals surface area (Å²) < 4.78 is 22.2. The minimum absolute atomic E-state index is 0.251. The third-order valence-corrected chi connectivity index (χ3v) is 4.38. The zero-order valence-corrected chi connectivity index (χ0v) is 10.7.